The van der Waals surface area contributed by atoms with Crippen molar-refractivity contribution in [3.05, 3.63) is 47.8 Å². The van der Waals surface area contributed by atoms with Gasteiger partial charge in [0.1, 0.15) is 0 Å². The van der Waals surface area contributed by atoms with Crippen molar-refractivity contribution in [2.45, 2.75) is 57.7 Å². The summed E-state index contributed by atoms with van der Waals surface area (Å²) in [6, 6.07) is 9.52. The number of aryl methyl sites for hydroxylation is 1. The Morgan fingerprint density at radius 1 is 1.11 bits per heavy atom. The first kappa shape index (κ1) is 19.5. The molecule has 150 valence electrons. The average Bonchev–Trinajstić information content (AvgIpc) is 3.24. The highest BCUT2D eigenvalue weighted by molar-refractivity contribution is 5.55. The topological polar surface area (TPSA) is 52.5 Å². The molecule has 1 aliphatic carbocycles. The molecule has 2 aliphatic rings. The summed E-state index contributed by atoms with van der Waals surface area (Å²) < 4.78 is 0. The van der Waals surface area contributed by atoms with E-state index in [4.69, 9.17) is 0 Å². The normalized spacial score (nSPS) is 22.0. The lowest BCUT2D eigenvalue weighted by Crippen LogP contribution is -2.56. The van der Waals surface area contributed by atoms with Crippen LogP contribution in [0.2, 0.25) is 0 Å². The summed E-state index contributed by atoms with van der Waals surface area (Å²) in [4.78, 5) is 14.4. The number of aliphatic hydroxyl groups is 1. The first-order valence-corrected chi connectivity index (χ1v) is 10.7. The van der Waals surface area contributed by atoms with E-state index in [1.807, 2.05) is 18.5 Å². The number of piperazine rings is 1. The lowest BCUT2D eigenvalue weighted by atomic mass is 10.0. The Morgan fingerprint density at radius 3 is 2.61 bits per heavy atom. The van der Waals surface area contributed by atoms with Crippen LogP contribution in [-0.2, 0) is 6.54 Å². The van der Waals surface area contributed by atoms with Gasteiger partial charge in [0.2, 0.25) is 0 Å². The van der Waals surface area contributed by atoms with Crippen LogP contribution in [0.4, 0.5) is 0 Å². The van der Waals surface area contributed by atoms with Crippen LogP contribution < -0.4 is 0 Å². The van der Waals surface area contributed by atoms with Gasteiger partial charge in [0.05, 0.1) is 0 Å². The molecule has 0 radical (unpaired) electrons. The van der Waals surface area contributed by atoms with Crippen LogP contribution in [-0.4, -0.2) is 63.2 Å². The SMILES string of the molecule is Cc1cccc(-c2ncc(CN3CCN(C4CCCC4)[C@@H](CCO)C3)cn2)c1. The summed E-state index contributed by atoms with van der Waals surface area (Å²) in [5, 5.41) is 9.55. The molecule has 1 aliphatic heterocycles. The van der Waals surface area contributed by atoms with Crippen LogP contribution >= 0.6 is 0 Å². The molecule has 1 aromatic carbocycles. The van der Waals surface area contributed by atoms with Crippen molar-refractivity contribution >= 4 is 0 Å². The fraction of sp³-hybridized carbons (Fsp3) is 0.565. The molecule has 1 atom stereocenters. The second-order valence-electron chi connectivity index (χ2n) is 8.36. The van der Waals surface area contributed by atoms with Crippen LogP contribution in [0.3, 0.4) is 0 Å². The smallest absolute Gasteiger partial charge is 0.159 e. The maximum atomic E-state index is 9.55. The highest BCUT2D eigenvalue weighted by Gasteiger charge is 2.32. The lowest BCUT2D eigenvalue weighted by molar-refractivity contribution is 0.0266. The van der Waals surface area contributed by atoms with E-state index in [-0.39, 0.29) is 6.61 Å². The summed E-state index contributed by atoms with van der Waals surface area (Å²) in [6.07, 6.45) is 10.2. The Bertz CT molecular complexity index is 757. The number of aliphatic hydroxyl groups excluding tert-OH is 1. The molecule has 0 amide bonds. The van der Waals surface area contributed by atoms with Crippen LogP contribution in [0.15, 0.2) is 36.7 Å². The van der Waals surface area contributed by atoms with Crippen LogP contribution in [0, 0.1) is 6.92 Å². The molecule has 2 fully saturated rings. The monoisotopic (exact) mass is 380 g/mol. The molecule has 5 heteroatoms. The molecule has 4 rings (SSSR count). The van der Waals surface area contributed by atoms with Crippen molar-refractivity contribution in [2.75, 3.05) is 26.2 Å². The van der Waals surface area contributed by atoms with E-state index < -0.39 is 0 Å². The molecule has 1 aromatic heterocycles. The summed E-state index contributed by atoms with van der Waals surface area (Å²) >= 11 is 0. The number of rotatable bonds is 6. The zero-order valence-corrected chi connectivity index (χ0v) is 16.9. The molecular weight excluding hydrogens is 348 g/mol. The predicted octanol–water partition coefficient (Wildman–Crippen LogP) is 3.26. The molecule has 28 heavy (non-hydrogen) atoms. The number of benzene rings is 1. The summed E-state index contributed by atoms with van der Waals surface area (Å²) in [5.74, 6) is 0.789. The maximum Gasteiger partial charge on any atom is 0.159 e. The van der Waals surface area contributed by atoms with Crippen molar-refractivity contribution in [3.8, 4) is 11.4 Å². The highest BCUT2D eigenvalue weighted by atomic mass is 16.3. The molecule has 2 aromatic rings. The maximum absolute atomic E-state index is 9.55. The third-order valence-electron chi connectivity index (χ3n) is 6.26. The zero-order chi connectivity index (χ0) is 19.3. The third kappa shape index (κ3) is 4.59. The second-order valence-corrected chi connectivity index (χ2v) is 8.36. The Morgan fingerprint density at radius 2 is 1.89 bits per heavy atom. The van der Waals surface area contributed by atoms with E-state index >= 15 is 0 Å². The predicted molar refractivity (Wildman–Crippen MR) is 112 cm³/mol. The quantitative estimate of drug-likeness (QED) is 0.834. The largest absolute Gasteiger partial charge is 0.396 e. The summed E-state index contributed by atoms with van der Waals surface area (Å²) in [6.45, 7) is 6.46. The van der Waals surface area contributed by atoms with Gasteiger partial charge < -0.3 is 5.11 Å². The molecule has 1 saturated heterocycles. The van der Waals surface area contributed by atoms with Crippen molar-refractivity contribution in [1.82, 2.24) is 19.8 Å². The van der Waals surface area contributed by atoms with E-state index in [2.05, 4.69) is 44.9 Å². The van der Waals surface area contributed by atoms with Gasteiger partial charge in [0, 0.05) is 68.4 Å². The molecule has 2 heterocycles. The van der Waals surface area contributed by atoms with Crippen LogP contribution in [0.25, 0.3) is 11.4 Å². The Hall–Kier alpha value is -1.82. The average molecular weight is 381 g/mol. The number of hydrogen-bond acceptors (Lipinski definition) is 5. The molecular formula is C23H32N4O. The fourth-order valence-corrected chi connectivity index (χ4v) is 4.83. The van der Waals surface area contributed by atoms with E-state index in [1.165, 1.54) is 31.2 Å². The van der Waals surface area contributed by atoms with Gasteiger partial charge in [0.15, 0.2) is 5.82 Å². The molecule has 0 bridgehead atoms. The van der Waals surface area contributed by atoms with E-state index in [1.54, 1.807) is 0 Å². The highest BCUT2D eigenvalue weighted by Crippen LogP contribution is 2.28. The van der Waals surface area contributed by atoms with E-state index in [0.717, 1.165) is 55.6 Å². The lowest BCUT2D eigenvalue weighted by Gasteiger charge is -2.44. The third-order valence-corrected chi connectivity index (χ3v) is 6.26. The number of hydrogen-bond donors (Lipinski definition) is 1. The summed E-state index contributed by atoms with van der Waals surface area (Å²) in [7, 11) is 0. The first-order chi connectivity index (χ1) is 13.7. The minimum absolute atomic E-state index is 0.274. The molecule has 0 spiro atoms. The van der Waals surface area contributed by atoms with Gasteiger partial charge in [-0.2, -0.15) is 0 Å². The number of nitrogens with zero attached hydrogens (tertiary/aromatic N) is 4. The Labute approximate surface area is 168 Å². The minimum Gasteiger partial charge on any atom is -0.396 e. The van der Waals surface area contributed by atoms with Crippen molar-refractivity contribution < 1.29 is 5.11 Å². The van der Waals surface area contributed by atoms with Gasteiger partial charge >= 0.3 is 0 Å². The molecule has 1 N–H and O–H groups in total. The van der Waals surface area contributed by atoms with Crippen LogP contribution in [0.5, 0.6) is 0 Å². The molecule has 1 saturated carbocycles. The van der Waals surface area contributed by atoms with Gasteiger partial charge in [-0.1, -0.05) is 36.6 Å². The minimum atomic E-state index is 0.274. The zero-order valence-electron chi connectivity index (χ0n) is 16.9. The molecule has 5 nitrogen and oxygen atoms in total. The summed E-state index contributed by atoms with van der Waals surface area (Å²) in [5.41, 5.74) is 3.45. The van der Waals surface area contributed by atoms with E-state index in [0.29, 0.717) is 6.04 Å². The Kier molecular flexibility index (Phi) is 6.35. The van der Waals surface area contributed by atoms with Crippen molar-refractivity contribution in [3.63, 3.8) is 0 Å². The van der Waals surface area contributed by atoms with Gasteiger partial charge in [-0.05, 0) is 32.3 Å². The van der Waals surface area contributed by atoms with Crippen molar-refractivity contribution in [2.24, 2.45) is 0 Å². The number of aromatic nitrogens is 2. The van der Waals surface area contributed by atoms with Crippen molar-refractivity contribution in [1.29, 1.82) is 0 Å². The second kappa shape index (κ2) is 9.12. The van der Waals surface area contributed by atoms with Gasteiger partial charge in [-0.25, -0.2) is 9.97 Å². The van der Waals surface area contributed by atoms with Gasteiger partial charge in [0.25, 0.3) is 0 Å². The fourth-order valence-electron chi connectivity index (χ4n) is 4.83. The van der Waals surface area contributed by atoms with Gasteiger partial charge in [-0.3, -0.25) is 9.80 Å². The first-order valence-electron chi connectivity index (χ1n) is 10.7. The van der Waals surface area contributed by atoms with Gasteiger partial charge in [-0.15, -0.1) is 0 Å². The standard InChI is InChI=1S/C23H32N4O/c1-18-5-4-6-20(13-18)23-24-14-19(15-25-23)16-26-10-11-27(21-7-2-3-8-21)22(17-26)9-12-28/h4-6,13-15,21-22,28H,2-3,7-12,16-17H2,1H3/t22-/m0/s1. The molecule has 0 unspecified atom stereocenters. The van der Waals surface area contributed by atoms with E-state index in [9.17, 15) is 5.11 Å². The Balaban J connectivity index is 1.38. The van der Waals surface area contributed by atoms with Crippen LogP contribution in [0.1, 0.15) is 43.2 Å².